The summed E-state index contributed by atoms with van der Waals surface area (Å²) in [5.41, 5.74) is 8.18. The van der Waals surface area contributed by atoms with Gasteiger partial charge in [0.2, 0.25) is 0 Å². The van der Waals surface area contributed by atoms with Crippen LogP contribution in [0.15, 0.2) is 24.3 Å². The minimum atomic E-state index is -0.809. The number of benzene rings is 1. The highest BCUT2D eigenvalue weighted by Crippen LogP contribution is 2.22. The van der Waals surface area contributed by atoms with Crippen molar-refractivity contribution in [2.75, 3.05) is 12.3 Å². The Kier molecular flexibility index (Phi) is 5.54. The fraction of sp³-hybridized carbons (Fsp3) is 0.600. The maximum atomic E-state index is 11.9. The van der Waals surface area contributed by atoms with Crippen LogP contribution in [0.4, 0.5) is 0 Å². The molecule has 0 radical (unpaired) electrons. The van der Waals surface area contributed by atoms with E-state index in [0.717, 1.165) is 5.56 Å². The summed E-state index contributed by atoms with van der Waals surface area (Å²) in [6.07, 6.45) is 0. The molecule has 18 heavy (non-hydrogen) atoms. The molecule has 1 aromatic rings. The van der Waals surface area contributed by atoms with Crippen molar-refractivity contribution >= 4 is 10.8 Å². The smallest absolute Gasteiger partial charge is 0.0485 e. The van der Waals surface area contributed by atoms with Crippen LogP contribution in [0, 0.1) is 5.92 Å². The number of nitrogens with two attached hydrogens (primary N) is 1. The molecule has 0 heterocycles. The summed E-state index contributed by atoms with van der Waals surface area (Å²) >= 11 is 0. The van der Waals surface area contributed by atoms with Crippen molar-refractivity contribution in [3.63, 3.8) is 0 Å². The van der Waals surface area contributed by atoms with Gasteiger partial charge in [-0.1, -0.05) is 52.0 Å². The van der Waals surface area contributed by atoms with Gasteiger partial charge in [-0.15, -0.1) is 0 Å². The van der Waals surface area contributed by atoms with E-state index in [4.69, 9.17) is 5.73 Å². The highest BCUT2D eigenvalue weighted by Gasteiger charge is 2.13. The van der Waals surface area contributed by atoms with Gasteiger partial charge in [-0.2, -0.15) is 0 Å². The number of hydrogen-bond donors (Lipinski definition) is 1. The Morgan fingerprint density at radius 3 is 2.22 bits per heavy atom. The van der Waals surface area contributed by atoms with Gasteiger partial charge in [-0.25, -0.2) is 0 Å². The van der Waals surface area contributed by atoms with E-state index in [-0.39, 0.29) is 5.41 Å². The third kappa shape index (κ3) is 4.91. The molecule has 0 aliphatic rings. The summed E-state index contributed by atoms with van der Waals surface area (Å²) in [5, 5.41) is 0. The lowest BCUT2D eigenvalue weighted by molar-refractivity contribution is 0.590. The molecule has 0 amide bonds. The molecule has 0 aliphatic carbocycles. The monoisotopic (exact) mass is 267 g/mol. The molecule has 2 nitrogen and oxygen atoms in total. The number of hydrogen-bond acceptors (Lipinski definition) is 2. The Labute approximate surface area is 113 Å². The van der Waals surface area contributed by atoms with E-state index >= 15 is 0 Å². The first kappa shape index (κ1) is 15.4. The summed E-state index contributed by atoms with van der Waals surface area (Å²) in [5.74, 6) is 1.66. The Hall–Kier alpha value is -0.670. The molecule has 0 spiro atoms. The lowest BCUT2D eigenvalue weighted by atomic mass is 9.87. The van der Waals surface area contributed by atoms with E-state index in [1.165, 1.54) is 5.56 Å². The van der Waals surface area contributed by atoms with Gasteiger partial charge in [0.25, 0.3) is 0 Å². The average Bonchev–Trinajstić information content (AvgIpc) is 2.28. The summed E-state index contributed by atoms with van der Waals surface area (Å²) in [6, 6.07) is 8.45. The first-order valence-corrected chi connectivity index (χ1v) is 7.96. The van der Waals surface area contributed by atoms with Crippen molar-refractivity contribution in [1.29, 1.82) is 0 Å². The topological polar surface area (TPSA) is 43.1 Å². The van der Waals surface area contributed by atoms with Crippen LogP contribution in [0.3, 0.4) is 0 Å². The minimum absolute atomic E-state index is 0.172. The summed E-state index contributed by atoms with van der Waals surface area (Å²) in [6.45, 7) is 9.24. The molecule has 0 saturated heterocycles. The Bertz CT molecular complexity index is 392. The van der Waals surface area contributed by atoms with Crippen molar-refractivity contribution in [2.24, 2.45) is 11.7 Å². The molecular formula is C15H25NOS. The molecule has 2 atom stereocenters. The fourth-order valence-corrected chi connectivity index (χ4v) is 3.18. The summed E-state index contributed by atoms with van der Waals surface area (Å²) < 4.78 is 11.9. The van der Waals surface area contributed by atoms with E-state index in [0.29, 0.717) is 24.0 Å². The van der Waals surface area contributed by atoms with Crippen LogP contribution < -0.4 is 5.73 Å². The van der Waals surface area contributed by atoms with Gasteiger partial charge in [0, 0.05) is 22.3 Å². The molecule has 0 bridgehead atoms. The molecule has 3 heteroatoms. The number of rotatable bonds is 5. The molecule has 1 aromatic carbocycles. The first-order chi connectivity index (χ1) is 8.32. The van der Waals surface area contributed by atoms with Crippen LogP contribution >= 0.6 is 0 Å². The van der Waals surface area contributed by atoms with Crippen molar-refractivity contribution < 1.29 is 4.21 Å². The van der Waals surface area contributed by atoms with Gasteiger partial charge in [0.05, 0.1) is 0 Å². The highest BCUT2D eigenvalue weighted by molar-refractivity contribution is 7.84. The zero-order valence-electron chi connectivity index (χ0n) is 11.9. The maximum Gasteiger partial charge on any atom is 0.0485 e. The molecule has 0 aliphatic heterocycles. The second-order valence-corrected chi connectivity index (χ2v) is 7.54. The maximum absolute atomic E-state index is 11.9. The zero-order chi connectivity index (χ0) is 13.8. The standard InChI is InChI=1S/C15H25NOS/c1-12(9-16)10-18(17)11-13-5-7-14(8-6-13)15(2,3)4/h5-8,12H,9-11,16H2,1-4H3. The molecule has 102 valence electrons. The van der Waals surface area contributed by atoms with Crippen molar-refractivity contribution in [1.82, 2.24) is 0 Å². The van der Waals surface area contributed by atoms with Crippen molar-refractivity contribution in [3.05, 3.63) is 35.4 Å². The summed E-state index contributed by atoms with van der Waals surface area (Å²) in [7, 11) is -0.809. The fourth-order valence-electron chi connectivity index (χ4n) is 1.73. The van der Waals surface area contributed by atoms with Gasteiger partial charge in [-0.05, 0) is 29.0 Å². The van der Waals surface area contributed by atoms with E-state index in [9.17, 15) is 4.21 Å². The predicted molar refractivity (Wildman–Crippen MR) is 80.1 cm³/mol. The highest BCUT2D eigenvalue weighted by atomic mass is 32.2. The summed E-state index contributed by atoms with van der Waals surface area (Å²) in [4.78, 5) is 0. The van der Waals surface area contributed by atoms with Gasteiger partial charge in [0.15, 0.2) is 0 Å². The molecule has 2 unspecified atom stereocenters. The molecule has 1 rings (SSSR count). The van der Waals surface area contributed by atoms with Gasteiger partial charge in [0.1, 0.15) is 0 Å². The lowest BCUT2D eigenvalue weighted by Crippen LogP contribution is -2.18. The Balaban J connectivity index is 2.61. The van der Waals surface area contributed by atoms with Gasteiger partial charge < -0.3 is 5.73 Å². The Morgan fingerprint density at radius 1 is 1.22 bits per heavy atom. The quantitative estimate of drug-likeness (QED) is 0.891. The minimum Gasteiger partial charge on any atom is -0.330 e. The predicted octanol–water partition coefficient (Wildman–Crippen LogP) is 2.83. The lowest BCUT2D eigenvalue weighted by Gasteiger charge is -2.19. The van der Waals surface area contributed by atoms with E-state index in [1.807, 2.05) is 6.92 Å². The van der Waals surface area contributed by atoms with Gasteiger partial charge in [-0.3, -0.25) is 4.21 Å². The third-order valence-corrected chi connectivity index (χ3v) is 4.62. The normalized spacial score (nSPS) is 15.4. The van der Waals surface area contributed by atoms with Crippen molar-refractivity contribution in [3.8, 4) is 0 Å². The molecule has 2 N–H and O–H groups in total. The largest absolute Gasteiger partial charge is 0.330 e. The first-order valence-electron chi connectivity index (χ1n) is 6.47. The second kappa shape index (κ2) is 6.48. The molecule has 0 aromatic heterocycles. The third-order valence-electron chi connectivity index (χ3n) is 3.02. The van der Waals surface area contributed by atoms with Gasteiger partial charge >= 0.3 is 0 Å². The van der Waals surface area contributed by atoms with Crippen LogP contribution in [-0.4, -0.2) is 16.5 Å². The van der Waals surface area contributed by atoms with Crippen LogP contribution in [-0.2, 0) is 22.0 Å². The molecular weight excluding hydrogens is 242 g/mol. The van der Waals surface area contributed by atoms with E-state index in [2.05, 4.69) is 45.0 Å². The molecule has 0 saturated carbocycles. The SMILES string of the molecule is CC(CN)CS(=O)Cc1ccc(C(C)(C)C)cc1. The van der Waals surface area contributed by atoms with Crippen molar-refractivity contribution in [2.45, 2.75) is 38.9 Å². The van der Waals surface area contributed by atoms with Crippen LogP contribution in [0.5, 0.6) is 0 Å². The molecule has 0 fully saturated rings. The Morgan fingerprint density at radius 2 is 1.78 bits per heavy atom. The second-order valence-electron chi connectivity index (χ2n) is 6.04. The zero-order valence-corrected chi connectivity index (χ0v) is 12.7. The van der Waals surface area contributed by atoms with E-state index < -0.39 is 10.8 Å². The van der Waals surface area contributed by atoms with Crippen LogP contribution in [0.1, 0.15) is 38.8 Å². The van der Waals surface area contributed by atoms with Crippen LogP contribution in [0.2, 0.25) is 0 Å². The van der Waals surface area contributed by atoms with E-state index in [1.54, 1.807) is 0 Å². The average molecular weight is 267 g/mol. The van der Waals surface area contributed by atoms with Crippen LogP contribution in [0.25, 0.3) is 0 Å².